The van der Waals surface area contributed by atoms with Gasteiger partial charge in [-0.2, -0.15) is 5.26 Å². The lowest BCUT2D eigenvalue weighted by Gasteiger charge is -2.20. The Balaban J connectivity index is 1.94. The Hall–Kier alpha value is -3.06. The van der Waals surface area contributed by atoms with Crippen molar-refractivity contribution in [1.82, 2.24) is 9.97 Å². The number of hydrogen-bond acceptors (Lipinski definition) is 3. The highest BCUT2D eigenvalue weighted by atomic mass is 15.1. The van der Waals surface area contributed by atoms with Crippen molar-refractivity contribution in [3.05, 3.63) is 59.4 Å². The second-order valence-corrected chi connectivity index (χ2v) is 5.99. The molecule has 0 unspecified atom stereocenters. The van der Waals surface area contributed by atoms with Crippen LogP contribution in [-0.2, 0) is 0 Å². The molecular formula is C21H22N4. The lowest BCUT2D eigenvalue weighted by atomic mass is 10.1. The van der Waals surface area contributed by atoms with E-state index in [1.54, 1.807) is 0 Å². The molecular weight excluding hydrogens is 308 g/mol. The van der Waals surface area contributed by atoms with Crippen molar-refractivity contribution in [2.45, 2.75) is 20.8 Å². The number of rotatable bonds is 5. The maximum atomic E-state index is 9.57. The average molecular weight is 330 g/mol. The lowest BCUT2D eigenvalue weighted by molar-refractivity contribution is 0.866. The Morgan fingerprint density at radius 1 is 1.16 bits per heavy atom. The number of allylic oxidation sites excluding steroid dienone is 1. The van der Waals surface area contributed by atoms with Gasteiger partial charge in [-0.1, -0.05) is 24.3 Å². The van der Waals surface area contributed by atoms with E-state index in [9.17, 15) is 5.26 Å². The second-order valence-electron chi connectivity index (χ2n) is 5.99. The summed E-state index contributed by atoms with van der Waals surface area (Å²) in [5, 5.41) is 9.57. The van der Waals surface area contributed by atoms with Crippen LogP contribution in [0.1, 0.15) is 30.8 Å². The first-order chi connectivity index (χ1) is 12.2. The Morgan fingerprint density at radius 3 is 2.48 bits per heavy atom. The minimum atomic E-state index is 0.534. The predicted molar refractivity (Wildman–Crippen MR) is 104 cm³/mol. The molecule has 0 aliphatic heterocycles. The van der Waals surface area contributed by atoms with Gasteiger partial charge in [-0.05, 0) is 56.2 Å². The number of nitrogens with zero attached hydrogens (tertiary/aromatic N) is 3. The van der Waals surface area contributed by atoms with E-state index < -0.39 is 0 Å². The predicted octanol–water partition coefficient (Wildman–Crippen LogP) is 4.78. The summed E-state index contributed by atoms with van der Waals surface area (Å²) in [6, 6.07) is 16.5. The Morgan fingerprint density at radius 2 is 1.88 bits per heavy atom. The number of anilines is 1. The SMILES string of the molecule is CCN(CC)c1ccc(/C=C(/C#N)c2nc3c(C)cccc3[nH]2)cc1. The molecule has 0 spiro atoms. The number of benzene rings is 2. The zero-order valence-corrected chi connectivity index (χ0v) is 14.9. The second kappa shape index (κ2) is 7.23. The Bertz CT molecular complexity index is 938. The van der Waals surface area contributed by atoms with Crippen LogP contribution in [-0.4, -0.2) is 23.1 Å². The molecule has 0 saturated carbocycles. The normalized spacial score (nSPS) is 11.5. The summed E-state index contributed by atoms with van der Waals surface area (Å²) in [5.41, 5.74) is 5.68. The topological polar surface area (TPSA) is 55.7 Å². The Kier molecular flexibility index (Phi) is 4.85. The maximum absolute atomic E-state index is 9.57. The lowest BCUT2D eigenvalue weighted by Crippen LogP contribution is -2.21. The molecule has 0 aliphatic rings. The summed E-state index contributed by atoms with van der Waals surface area (Å²) in [6.45, 7) is 8.28. The molecule has 0 atom stereocenters. The van der Waals surface area contributed by atoms with Crippen LogP contribution in [0.5, 0.6) is 0 Å². The molecule has 0 fully saturated rings. The zero-order valence-electron chi connectivity index (χ0n) is 14.9. The van der Waals surface area contributed by atoms with Crippen molar-refractivity contribution < 1.29 is 0 Å². The van der Waals surface area contributed by atoms with Crippen LogP contribution in [0.15, 0.2) is 42.5 Å². The van der Waals surface area contributed by atoms with E-state index in [0.29, 0.717) is 11.4 Å². The molecule has 3 rings (SSSR count). The number of hydrogen-bond donors (Lipinski definition) is 1. The fourth-order valence-electron chi connectivity index (χ4n) is 2.99. The minimum Gasteiger partial charge on any atom is -0.372 e. The molecule has 4 nitrogen and oxygen atoms in total. The third-order valence-electron chi connectivity index (χ3n) is 4.42. The zero-order chi connectivity index (χ0) is 17.8. The quantitative estimate of drug-likeness (QED) is 0.685. The summed E-state index contributed by atoms with van der Waals surface area (Å²) in [6.07, 6.45) is 1.87. The molecule has 0 radical (unpaired) electrons. The van der Waals surface area contributed by atoms with E-state index in [1.807, 2.05) is 43.3 Å². The number of fused-ring (bicyclic) bond motifs is 1. The highest BCUT2D eigenvalue weighted by molar-refractivity contribution is 5.91. The fourth-order valence-corrected chi connectivity index (χ4v) is 2.99. The molecule has 4 heteroatoms. The van der Waals surface area contributed by atoms with Gasteiger partial charge >= 0.3 is 0 Å². The summed E-state index contributed by atoms with van der Waals surface area (Å²) in [5.74, 6) is 0.611. The van der Waals surface area contributed by atoms with Crippen molar-refractivity contribution in [1.29, 1.82) is 5.26 Å². The summed E-state index contributed by atoms with van der Waals surface area (Å²) >= 11 is 0. The molecule has 3 aromatic rings. The fraction of sp³-hybridized carbons (Fsp3) is 0.238. The van der Waals surface area contributed by atoms with Gasteiger partial charge in [0.15, 0.2) is 0 Å². The number of nitriles is 1. The number of nitrogens with one attached hydrogen (secondary N) is 1. The molecule has 25 heavy (non-hydrogen) atoms. The van der Waals surface area contributed by atoms with Crippen LogP contribution < -0.4 is 4.90 Å². The molecule has 2 aromatic carbocycles. The van der Waals surface area contributed by atoms with Crippen molar-refractivity contribution in [3.63, 3.8) is 0 Å². The number of para-hydroxylation sites is 1. The summed E-state index contributed by atoms with van der Waals surface area (Å²) in [7, 11) is 0. The van der Waals surface area contributed by atoms with Gasteiger partial charge in [-0.15, -0.1) is 0 Å². The van der Waals surface area contributed by atoms with Crippen LogP contribution in [0.4, 0.5) is 5.69 Å². The maximum Gasteiger partial charge on any atom is 0.149 e. The van der Waals surface area contributed by atoms with Gasteiger partial charge < -0.3 is 9.88 Å². The third kappa shape index (κ3) is 3.41. The Labute approximate surface area is 148 Å². The van der Waals surface area contributed by atoms with Crippen molar-refractivity contribution in [2.75, 3.05) is 18.0 Å². The highest BCUT2D eigenvalue weighted by Gasteiger charge is 2.09. The average Bonchev–Trinajstić information content (AvgIpc) is 3.07. The molecule has 1 aromatic heterocycles. The minimum absolute atomic E-state index is 0.534. The van der Waals surface area contributed by atoms with Gasteiger partial charge in [-0.25, -0.2) is 4.98 Å². The molecule has 0 amide bonds. The van der Waals surface area contributed by atoms with Crippen LogP contribution in [0.25, 0.3) is 22.7 Å². The summed E-state index contributed by atoms with van der Waals surface area (Å²) in [4.78, 5) is 10.1. The van der Waals surface area contributed by atoms with Gasteiger partial charge in [0.25, 0.3) is 0 Å². The van der Waals surface area contributed by atoms with E-state index in [0.717, 1.165) is 35.2 Å². The van der Waals surface area contributed by atoms with Crippen molar-refractivity contribution >= 4 is 28.4 Å². The van der Waals surface area contributed by atoms with Gasteiger partial charge in [0.1, 0.15) is 11.9 Å². The van der Waals surface area contributed by atoms with E-state index in [4.69, 9.17) is 0 Å². The van der Waals surface area contributed by atoms with Gasteiger partial charge in [0.05, 0.1) is 16.6 Å². The molecule has 1 heterocycles. The largest absolute Gasteiger partial charge is 0.372 e. The smallest absolute Gasteiger partial charge is 0.149 e. The van der Waals surface area contributed by atoms with Crippen LogP contribution in [0, 0.1) is 18.3 Å². The number of aromatic nitrogens is 2. The van der Waals surface area contributed by atoms with Gasteiger partial charge in [0.2, 0.25) is 0 Å². The number of aromatic amines is 1. The van der Waals surface area contributed by atoms with Crippen molar-refractivity contribution in [2.24, 2.45) is 0 Å². The summed E-state index contributed by atoms with van der Waals surface area (Å²) < 4.78 is 0. The van der Waals surface area contributed by atoms with E-state index in [1.165, 1.54) is 5.69 Å². The van der Waals surface area contributed by atoms with Crippen molar-refractivity contribution in [3.8, 4) is 6.07 Å². The van der Waals surface area contributed by atoms with E-state index >= 15 is 0 Å². The molecule has 1 N–H and O–H groups in total. The number of aryl methyl sites for hydroxylation is 1. The number of H-pyrrole nitrogens is 1. The molecule has 0 saturated heterocycles. The van der Waals surface area contributed by atoms with Crippen LogP contribution in [0.3, 0.4) is 0 Å². The van der Waals surface area contributed by atoms with Gasteiger partial charge in [-0.3, -0.25) is 0 Å². The van der Waals surface area contributed by atoms with E-state index in [2.05, 4.69) is 46.9 Å². The molecule has 0 bridgehead atoms. The highest BCUT2D eigenvalue weighted by Crippen LogP contribution is 2.22. The molecule has 126 valence electrons. The third-order valence-corrected chi connectivity index (χ3v) is 4.42. The monoisotopic (exact) mass is 330 g/mol. The number of imidazole rings is 1. The molecule has 0 aliphatic carbocycles. The van der Waals surface area contributed by atoms with Gasteiger partial charge in [0, 0.05) is 18.8 Å². The first-order valence-electron chi connectivity index (χ1n) is 8.58. The van der Waals surface area contributed by atoms with Crippen LogP contribution >= 0.6 is 0 Å². The first-order valence-corrected chi connectivity index (χ1v) is 8.58. The standard InChI is InChI=1S/C21H22N4/c1-4-25(5-2)18-11-9-16(10-12-18)13-17(14-22)21-23-19-8-6-7-15(3)20(19)24-21/h6-13H,4-5H2,1-3H3,(H,23,24)/b17-13-. The van der Waals surface area contributed by atoms with E-state index in [-0.39, 0.29) is 0 Å². The van der Waals surface area contributed by atoms with Crippen LogP contribution in [0.2, 0.25) is 0 Å². The first kappa shape index (κ1) is 16.8.